The van der Waals surface area contributed by atoms with Crippen LogP contribution < -0.4 is 14.8 Å². The first-order valence-electron chi connectivity index (χ1n) is 8.57. The number of para-hydroxylation sites is 2. The van der Waals surface area contributed by atoms with Gasteiger partial charge in [0.2, 0.25) is 0 Å². The normalized spacial score (nSPS) is 15.4. The summed E-state index contributed by atoms with van der Waals surface area (Å²) >= 11 is 0. The quantitative estimate of drug-likeness (QED) is 0.767. The van der Waals surface area contributed by atoms with Crippen molar-refractivity contribution < 1.29 is 18.7 Å². The van der Waals surface area contributed by atoms with Gasteiger partial charge in [-0.3, -0.25) is 9.48 Å². The molecule has 0 spiro atoms. The molecule has 3 aromatic rings. The SMILES string of the molecule is Cc1ccc(C(=O)Nc2cnn(CC3COc4ccccc4O3)c2)cc1F. The van der Waals surface area contributed by atoms with Crippen LogP contribution in [0.4, 0.5) is 10.1 Å². The highest BCUT2D eigenvalue weighted by atomic mass is 19.1. The van der Waals surface area contributed by atoms with Gasteiger partial charge in [-0.1, -0.05) is 18.2 Å². The summed E-state index contributed by atoms with van der Waals surface area (Å²) in [5, 5.41) is 6.95. The first-order valence-corrected chi connectivity index (χ1v) is 8.57. The van der Waals surface area contributed by atoms with Crippen LogP contribution in [0.25, 0.3) is 0 Å². The zero-order chi connectivity index (χ0) is 18.8. The zero-order valence-corrected chi connectivity index (χ0v) is 14.7. The number of anilines is 1. The van der Waals surface area contributed by atoms with Crippen LogP contribution in [0.5, 0.6) is 11.5 Å². The van der Waals surface area contributed by atoms with Crippen molar-refractivity contribution in [1.29, 1.82) is 0 Å². The molecule has 0 saturated carbocycles. The van der Waals surface area contributed by atoms with Crippen LogP contribution in [0.1, 0.15) is 15.9 Å². The summed E-state index contributed by atoms with van der Waals surface area (Å²) in [5.74, 6) is 0.635. The van der Waals surface area contributed by atoms with E-state index in [1.807, 2.05) is 24.3 Å². The summed E-state index contributed by atoms with van der Waals surface area (Å²) in [6, 6.07) is 11.9. The summed E-state index contributed by atoms with van der Waals surface area (Å²) in [6.07, 6.45) is 3.06. The summed E-state index contributed by atoms with van der Waals surface area (Å²) < 4.78 is 26.9. The number of aryl methyl sites for hydroxylation is 1. The molecule has 2 aromatic carbocycles. The van der Waals surface area contributed by atoms with Gasteiger partial charge < -0.3 is 14.8 Å². The number of halogens is 1. The molecular formula is C20H18FN3O3. The number of aromatic nitrogens is 2. The lowest BCUT2D eigenvalue weighted by atomic mass is 10.1. The predicted octanol–water partition coefficient (Wildman–Crippen LogP) is 3.42. The average molecular weight is 367 g/mol. The van der Waals surface area contributed by atoms with Crippen LogP contribution >= 0.6 is 0 Å². The lowest BCUT2D eigenvalue weighted by Crippen LogP contribution is -2.33. The van der Waals surface area contributed by atoms with Gasteiger partial charge in [-0.15, -0.1) is 0 Å². The third kappa shape index (κ3) is 3.76. The Balaban J connectivity index is 1.39. The number of nitrogens with one attached hydrogen (secondary N) is 1. The van der Waals surface area contributed by atoms with E-state index in [-0.39, 0.29) is 17.6 Å². The van der Waals surface area contributed by atoms with Crippen molar-refractivity contribution >= 4 is 11.6 Å². The van der Waals surface area contributed by atoms with E-state index in [1.54, 1.807) is 36.1 Å². The Morgan fingerprint density at radius 3 is 2.93 bits per heavy atom. The summed E-state index contributed by atoms with van der Waals surface area (Å²) in [5.41, 5.74) is 1.28. The number of hydrogen-bond acceptors (Lipinski definition) is 4. The molecule has 1 aromatic heterocycles. The molecule has 1 aliphatic heterocycles. The Kier molecular flexibility index (Phi) is 4.50. The second kappa shape index (κ2) is 7.11. The summed E-state index contributed by atoms with van der Waals surface area (Å²) in [7, 11) is 0. The molecule has 27 heavy (non-hydrogen) atoms. The zero-order valence-electron chi connectivity index (χ0n) is 14.7. The maximum atomic E-state index is 13.6. The molecule has 1 N–H and O–H groups in total. The van der Waals surface area contributed by atoms with Crippen molar-refractivity contribution in [3.8, 4) is 11.5 Å². The minimum absolute atomic E-state index is 0.186. The molecule has 138 valence electrons. The second-order valence-electron chi connectivity index (χ2n) is 6.37. The maximum Gasteiger partial charge on any atom is 0.255 e. The highest BCUT2D eigenvalue weighted by molar-refractivity contribution is 6.04. The van der Waals surface area contributed by atoms with Gasteiger partial charge in [-0.2, -0.15) is 5.10 Å². The van der Waals surface area contributed by atoms with E-state index in [4.69, 9.17) is 9.47 Å². The number of hydrogen-bond donors (Lipinski definition) is 1. The van der Waals surface area contributed by atoms with Crippen molar-refractivity contribution in [2.45, 2.75) is 19.6 Å². The predicted molar refractivity (Wildman–Crippen MR) is 97.7 cm³/mol. The van der Waals surface area contributed by atoms with Crippen LogP contribution in [0, 0.1) is 12.7 Å². The van der Waals surface area contributed by atoms with E-state index in [1.165, 1.54) is 6.07 Å². The van der Waals surface area contributed by atoms with Gasteiger partial charge in [0.15, 0.2) is 17.6 Å². The molecule has 0 saturated heterocycles. The highest BCUT2D eigenvalue weighted by Gasteiger charge is 2.21. The molecule has 0 radical (unpaired) electrons. The number of nitrogens with zero attached hydrogens (tertiary/aromatic N) is 2. The van der Waals surface area contributed by atoms with Crippen molar-refractivity contribution in [1.82, 2.24) is 9.78 Å². The van der Waals surface area contributed by atoms with Crippen LogP contribution in [0.3, 0.4) is 0 Å². The number of carbonyl (C=O) groups excluding carboxylic acids is 1. The van der Waals surface area contributed by atoms with Crippen molar-refractivity contribution in [3.63, 3.8) is 0 Å². The molecule has 4 rings (SSSR count). The molecular weight excluding hydrogens is 349 g/mol. The standard InChI is InChI=1S/C20H18FN3O3/c1-13-6-7-14(8-17(13)21)20(25)23-15-9-22-24(10-15)11-16-12-26-18-4-2-3-5-19(18)27-16/h2-10,16H,11-12H2,1H3,(H,23,25). The number of rotatable bonds is 4. The summed E-state index contributed by atoms with van der Waals surface area (Å²) in [6.45, 7) is 2.54. The van der Waals surface area contributed by atoms with E-state index >= 15 is 0 Å². The molecule has 2 heterocycles. The molecule has 1 unspecified atom stereocenters. The minimum atomic E-state index is -0.409. The lowest BCUT2D eigenvalue weighted by molar-refractivity contribution is 0.0759. The molecule has 1 aliphatic rings. The van der Waals surface area contributed by atoms with Crippen LogP contribution in [-0.4, -0.2) is 28.4 Å². The van der Waals surface area contributed by atoms with Crippen LogP contribution in [0.15, 0.2) is 54.9 Å². The van der Waals surface area contributed by atoms with Crippen molar-refractivity contribution in [2.24, 2.45) is 0 Å². The van der Waals surface area contributed by atoms with Gasteiger partial charge in [0.05, 0.1) is 18.4 Å². The van der Waals surface area contributed by atoms with E-state index in [9.17, 15) is 9.18 Å². The van der Waals surface area contributed by atoms with Gasteiger partial charge in [0, 0.05) is 11.8 Å². The molecule has 6 nitrogen and oxygen atoms in total. The second-order valence-corrected chi connectivity index (χ2v) is 6.37. The first-order chi connectivity index (χ1) is 13.1. The van der Waals surface area contributed by atoms with E-state index in [0.717, 1.165) is 5.75 Å². The van der Waals surface area contributed by atoms with Crippen molar-refractivity contribution in [2.75, 3.05) is 11.9 Å². The fourth-order valence-electron chi connectivity index (χ4n) is 2.83. The Bertz CT molecular complexity index is 986. The largest absolute Gasteiger partial charge is 0.486 e. The van der Waals surface area contributed by atoms with Gasteiger partial charge in [-0.05, 0) is 36.8 Å². The molecule has 0 bridgehead atoms. The fourth-order valence-corrected chi connectivity index (χ4v) is 2.83. The van der Waals surface area contributed by atoms with Gasteiger partial charge >= 0.3 is 0 Å². The number of amides is 1. The van der Waals surface area contributed by atoms with Gasteiger partial charge in [0.25, 0.3) is 5.91 Å². The lowest BCUT2D eigenvalue weighted by Gasteiger charge is -2.26. The molecule has 7 heteroatoms. The van der Waals surface area contributed by atoms with Crippen LogP contribution in [-0.2, 0) is 6.54 Å². The van der Waals surface area contributed by atoms with E-state index in [2.05, 4.69) is 10.4 Å². The number of fused-ring (bicyclic) bond motifs is 1. The number of carbonyl (C=O) groups is 1. The molecule has 0 fully saturated rings. The highest BCUT2D eigenvalue weighted by Crippen LogP contribution is 2.31. The van der Waals surface area contributed by atoms with Gasteiger partial charge in [0.1, 0.15) is 12.4 Å². The topological polar surface area (TPSA) is 65.4 Å². The molecule has 0 aliphatic carbocycles. The van der Waals surface area contributed by atoms with E-state index in [0.29, 0.717) is 30.2 Å². The first kappa shape index (κ1) is 17.1. The van der Waals surface area contributed by atoms with E-state index < -0.39 is 5.82 Å². The van der Waals surface area contributed by atoms with Crippen LogP contribution in [0.2, 0.25) is 0 Å². The Morgan fingerprint density at radius 1 is 1.30 bits per heavy atom. The van der Waals surface area contributed by atoms with Gasteiger partial charge in [-0.25, -0.2) is 4.39 Å². The average Bonchev–Trinajstić information content (AvgIpc) is 3.10. The van der Waals surface area contributed by atoms with Crippen molar-refractivity contribution in [3.05, 3.63) is 71.8 Å². The maximum absolute atomic E-state index is 13.6. The number of benzene rings is 2. The Labute approximate surface area is 155 Å². The third-order valence-electron chi connectivity index (χ3n) is 4.28. The summed E-state index contributed by atoms with van der Waals surface area (Å²) in [4.78, 5) is 12.3. The Hall–Kier alpha value is -3.35. The monoisotopic (exact) mass is 367 g/mol. The number of ether oxygens (including phenoxy) is 2. The molecule has 1 amide bonds. The third-order valence-corrected chi connectivity index (χ3v) is 4.28. The molecule has 1 atom stereocenters. The smallest absolute Gasteiger partial charge is 0.255 e. The Morgan fingerprint density at radius 2 is 2.11 bits per heavy atom. The minimum Gasteiger partial charge on any atom is -0.486 e. The fraction of sp³-hybridized carbons (Fsp3) is 0.200.